The summed E-state index contributed by atoms with van der Waals surface area (Å²) < 4.78 is 0. The summed E-state index contributed by atoms with van der Waals surface area (Å²) in [4.78, 5) is 25.1. The molecule has 0 aliphatic heterocycles. The monoisotopic (exact) mass is 501 g/mol. The zero-order chi connectivity index (χ0) is 25.3. The molecule has 36 heavy (non-hydrogen) atoms. The number of hydrogen-bond acceptors (Lipinski definition) is 3. The van der Waals surface area contributed by atoms with Crippen molar-refractivity contribution in [2.75, 3.05) is 11.9 Å². The molecule has 1 fully saturated rings. The molecule has 6 heteroatoms. The molecule has 4 rings (SSSR count). The van der Waals surface area contributed by atoms with E-state index in [1.54, 1.807) is 12.1 Å². The fraction of sp³-hybridized carbons (Fsp3) is 0.267. The van der Waals surface area contributed by atoms with Crippen molar-refractivity contribution in [3.8, 4) is 0 Å². The van der Waals surface area contributed by atoms with Crippen LogP contribution in [0.25, 0.3) is 6.08 Å². The molecule has 5 nitrogen and oxygen atoms in total. The highest BCUT2D eigenvalue weighted by atomic mass is 35.5. The first-order valence-electron chi connectivity index (χ1n) is 12.5. The van der Waals surface area contributed by atoms with Crippen molar-refractivity contribution in [3.05, 3.63) is 100 Å². The van der Waals surface area contributed by atoms with Gasteiger partial charge in [-0.2, -0.15) is 0 Å². The maximum absolute atomic E-state index is 13.0. The van der Waals surface area contributed by atoms with Crippen molar-refractivity contribution in [2.45, 2.75) is 45.1 Å². The lowest BCUT2D eigenvalue weighted by Crippen LogP contribution is -2.42. The Kier molecular flexibility index (Phi) is 8.80. The number of anilines is 2. The standard InChI is InChI=1S/C30H32ClN3O2/c1-21-10-5-7-15-25(21)29(35)26-18-17-24(20-27(26)31)33-28-16-8-6-11-22(28)12-9-19-32-30(36)34-23-13-3-2-4-14-23/h5-12,15-18,20,23,33H,2-4,13-14,19H2,1H3,(H2,32,34,36). The largest absolute Gasteiger partial charge is 0.355 e. The van der Waals surface area contributed by atoms with Crippen LogP contribution in [0, 0.1) is 6.92 Å². The number of carbonyl (C=O) groups is 2. The Bertz CT molecular complexity index is 1250. The number of nitrogens with one attached hydrogen (secondary N) is 3. The number of para-hydroxylation sites is 1. The lowest BCUT2D eigenvalue weighted by molar-refractivity contribution is 0.103. The van der Waals surface area contributed by atoms with Gasteiger partial charge in [-0.3, -0.25) is 4.79 Å². The van der Waals surface area contributed by atoms with Gasteiger partial charge in [0.25, 0.3) is 0 Å². The fourth-order valence-corrected chi connectivity index (χ4v) is 4.75. The molecule has 0 atom stereocenters. The highest BCUT2D eigenvalue weighted by Gasteiger charge is 2.16. The number of halogens is 1. The topological polar surface area (TPSA) is 70.2 Å². The summed E-state index contributed by atoms with van der Waals surface area (Å²) in [7, 11) is 0. The van der Waals surface area contributed by atoms with E-state index in [0.29, 0.717) is 22.7 Å². The first-order chi connectivity index (χ1) is 17.5. The van der Waals surface area contributed by atoms with Crippen LogP contribution in [0.2, 0.25) is 5.02 Å². The van der Waals surface area contributed by atoms with E-state index in [9.17, 15) is 9.59 Å². The van der Waals surface area contributed by atoms with Crippen LogP contribution in [-0.4, -0.2) is 24.4 Å². The van der Waals surface area contributed by atoms with Crippen molar-refractivity contribution in [2.24, 2.45) is 0 Å². The molecule has 186 valence electrons. The van der Waals surface area contributed by atoms with Gasteiger partial charge in [0.2, 0.25) is 0 Å². The minimum atomic E-state index is -0.118. The van der Waals surface area contributed by atoms with Gasteiger partial charge in [0.05, 0.1) is 5.02 Å². The predicted octanol–water partition coefficient (Wildman–Crippen LogP) is 7.27. The molecule has 0 heterocycles. The predicted molar refractivity (Wildman–Crippen MR) is 148 cm³/mol. The van der Waals surface area contributed by atoms with E-state index >= 15 is 0 Å². The third-order valence-corrected chi connectivity index (χ3v) is 6.77. The van der Waals surface area contributed by atoms with Crippen molar-refractivity contribution >= 4 is 40.9 Å². The Hall–Kier alpha value is -3.57. The van der Waals surface area contributed by atoms with E-state index in [1.165, 1.54) is 19.3 Å². The second-order valence-corrected chi connectivity index (χ2v) is 9.55. The van der Waals surface area contributed by atoms with E-state index < -0.39 is 0 Å². The van der Waals surface area contributed by atoms with Crippen LogP contribution in [0.1, 0.15) is 59.2 Å². The van der Waals surface area contributed by atoms with Crippen molar-refractivity contribution in [1.82, 2.24) is 10.6 Å². The number of rotatable bonds is 8. The van der Waals surface area contributed by atoms with E-state index in [0.717, 1.165) is 35.3 Å². The number of benzene rings is 3. The van der Waals surface area contributed by atoms with E-state index in [2.05, 4.69) is 16.0 Å². The van der Waals surface area contributed by atoms with Crippen LogP contribution in [0.15, 0.2) is 72.8 Å². The van der Waals surface area contributed by atoms with Crippen molar-refractivity contribution < 1.29 is 9.59 Å². The molecular weight excluding hydrogens is 470 g/mol. The molecule has 0 unspecified atom stereocenters. The average molecular weight is 502 g/mol. The molecule has 0 bridgehead atoms. The summed E-state index contributed by atoms with van der Waals surface area (Å²) in [5, 5.41) is 9.75. The van der Waals surface area contributed by atoms with Crippen LogP contribution in [-0.2, 0) is 0 Å². The molecular formula is C30H32ClN3O2. The number of urea groups is 1. The fourth-order valence-electron chi connectivity index (χ4n) is 4.48. The number of amides is 2. The Labute approximate surface area is 218 Å². The Morgan fingerprint density at radius 2 is 1.69 bits per heavy atom. The van der Waals surface area contributed by atoms with Gasteiger partial charge in [0.15, 0.2) is 5.78 Å². The number of carbonyl (C=O) groups excluding carboxylic acids is 2. The highest BCUT2D eigenvalue weighted by Crippen LogP contribution is 2.28. The smallest absolute Gasteiger partial charge is 0.315 e. The number of hydrogen-bond donors (Lipinski definition) is 3. The molecule has 0 aromatic heterocycles. The van der Waals surface area contributed by atoms with Gasteiger partial charge in [-0.15, -0.1) is 0 Å². The molecule has 3 N–H and O–H groups in total. The molecule has 3 aromatic rings. The van der Waals surface area contributed by atoms with Crippen LogP contribution >= 0.6 is 11.6 Å². The van der Waals surface area contributed by atoms with Crippen LogP contribution in [0.4, 0.5) is 16.2 Å². The molecule has 1 aliphatic rings. The lowest BCUT2D eigenvalue weighted by atomic mass is 9.96. The lowest BCUT2D eigenvalue weighted by Gasteiger charge is -2.22. The minimum absolute atomic E-state index is 0.0898. The number of ketones is 1. The van der Waals surface area contributed by atoms with Crippen LogP contribution in [0.5, 0.6) is 0 Å². The Morgan fingerprint density at radius 1 is 0.944 bits per heavy atom. The molecule has 1 aliphatic carbocycles. The van der Waals surface area contributed by atoms with Crippen molar-refractivity contribution in [1.29, 1.82) is 0 Å². The van der Waals surface area contributed by atoms with Crippen LogP contribution < -0.4 is 16.0 Å². The van der Waals surface area contributed by atoms with Crippen molar-refractivity contribution in [3.63, 3.8) is 0 Å². The summed E-state index contributed by atoms with van der Waals surface area (Å²) in [5.41, 5.74) is 4.70. The zero-order valence-electron chi connectivity index (χ0n) is 20.5. The van der Waals surface area contributed by atoms with E-state index in [4.69, 9.17) is 11.6 Å². The molecule has 3 aromatic carbocycles. The van der Waals surface area contributed by atoms with Gasteiger partial charge >= 0.3 is 6.03 Å². The molecule has 0 saturated heterocycles. The Morgan fingerprint density at radius 3 is 2.47 bits per heavy atom. The molecule has 0 spiro atoms. The van der Waals surface area contributed by atoms with Gasteiger partial charge < -0.3 is 16.0 Å². The second kappa shape index (κ2) is 12.4. The molecule has 1 saturated carbocycles. The normalized spacial score (nSPS) is 13.9. The van der Waals surface area contributed by atoms with Crippen LogP contribution in [0.3, 0.4) is 0 Å². The minimum Gasteiger partial charge on any atom is -0.355 e. The van der Waals surface area contributed by atoms with Gasteiger partial charge in [0, 0.05) is 35.1 Å². The summed E-state index contributed by atoms with van der Waals surface area (Å²) in [5.74, 6) is -0.0898. The summed E-state index contributed by atoms with van der Waals surface area (Å²) in [6.07, 6.45) is 9.66. The first kappa shape index (κ1) is 25.5. The third kappa shape index (κ3) is 6.76. The summed E-state index contributed by atoms with van der Waals surface area (Å²) >= 11 is 6.51. The molecule has 0 radical (unpaired) electrons. The van der Waals surface area contributed by atoms with E-state index in [-0.39, 0.29) is 17.9 Å². The third-order valence-electron chi connectivity index (χ3n) is 6.46. The van der Waals surface area contributed by atoms with Gasteiger partial charge in [-0.25, -0.2) is 4.79 Å². The number of aryl methyl sites for hydroxylation is 1. The maximum atomic E-state index is 13.0. The van der Waals surface area contributed by atoms with Gasteiger partial charge in [0.1, 0.15) is 0 Å². The highest BCUT2D eigenvalue weighted by molar-refractivity contribution is 6.35. The summed E-state index contributed by atoms with van der Waals surface area (Å²) in [6.45, 7) is 2.36. The quantitative estimate of drug-likeness (QED) is 0.284. The first-order valence-corrected chi connectivity index (χ1v) is 12.9. The maximum Gasteiger partial charge on any atom is 0.315 e. The molecule has 2 amide bonds. The second-order valence-electron chi connectivity index (χ2n) is 9.14. The summed E-state index contributed by atoms with van der Waals surface area (Å²) in [6, 6.07) is 20.9. The Balaban J connectivity index is 1.37. The van der Waals surface area contributed by atoms with Gasteiger partial charge in [-0.1, -0.05) is 85.5 Å². The van der Waals surface area contributed by atoms with Gasteiger partial charge in [-0.05, 0) is 55.2 Å². The zero-order valence-corrected chi connectivity index (χ0v) is 21.3. The average Bonchev–Trinajstić information content (AvgIpc) is 2.88. The van der Waals surface area contributed by atoms with E-state index in [1.807, 2.05) is 73.7 Å². The SMILES string of the molecule is Cc1ccccc1C(=O)c1ccc(Nc2ccccc2C=CCNC(=O)NC2CCCCC2)cc1Cl.